The van der Waals surface area contributed by atoms with Crippen LogP contribution in [0.15, 0.2) is 42.5 Å². The molecular weight excluding hydrogens is 264 g/mol. The smallest absolute Gasteiger partial charge is 0.340 e. The van der Waals surface area contributed by atoms with Gasteiger partial charge in [-0.05, 0) is 35.7 Å². The molecule has 2 aromatic rings. The highest BCUT2D eigenvalue weighted by molar-refractivity contribution is 5.85. The van der Waals surface area contributed by atoms with Gasteiger partial charge in [0.25, 0.3) is 0 Å². The van der Waals surface area contributed by atoms with Gasteiger partial charge in [0, 0.05) is 7.11 Å². The lowest BCUT2D eigenvalue weighted by Gasteiger charge is -2.18. The van der Waals surface area contributed by atoms with E-state index in [0.717, 1.165) is 29.2 Å². The highest BCUT2D eigenvalue weighted by atomic mass is 16.6. The summed E-state index contributed by atoms with van der Waals surface area (Å²) in [5.41, 5.74) is 0.824. The van der Waals surface area contributed by atoms with Gasteiger partial charge in [0.1, 0.15) is 0 Å². The van der Waals surface area contributed by atoms with E-state index in [0.29, 0.717) is 0 Å². The largest absolute Gasteiger partial charge is 0.460 e. The van der Waals surface area contributed by atoms with Crippen LogP contribution in [0.5, 0.6) is 0 Å². The second-order valence-electron chi connectivity index (χ2n) is 5.26. The number of rotatable bonds is 6. The summed E-state index contributed by atoms with van der Waals surface area (Å²) in [6, 6.07) is 13.9. The van der Waals surface area contributed by atoms with E-state index in [2.05, 4.69) is 6.92 Å². The van der Waals surface area contributed by atoms with Crippen LogP contribution >= 0.6 is 0 Å². The molecule has 2 aromatic carbocycles. The molecule has 0 amide bonds. The van der Waals surface area contributed by atoms with Crippen LogP contribution in [0.25, 0.3) is 10.8 Å². The van der Waals surface area contributed by atoms with Crippen molar-refractivity contribution in [2.24, 2.45) is 0 Å². The fourth-order valence-corrected chi connectivity index (χ4v) is 2.46. The van der Waals surface area contributed by atoms with Crippen molar-refractivity contribution in [1.29, 1.82) is 0 Å². The average Bonchev–Trinajstić information content (AvgIpc) is 2.48. The van der Waals surface area contributed by atoms with Crippen LogP contribution in [0.3, 0.4) is 0 Å². The first-order valence-electron chi connectivity index (χ1n) is 7.37. The van der Waals surface area contributed by atoms with E-state index in [4.69, 9.17) is 9.47 Å². The summed E-state index contributed by atoms with van der Waals surface area (Å²) in [6.07, 6.45) is 1.09. The molecule has 0 fully saturated rings. The molecule has 3 nitrogen and oxygen atoms in total. The monoisotopic (exact) mass is 286 g/mol. The van der Waals surface area contributed by atoms with E-state index in [1.54, 1.807) is 0 Å². The highest BCUT2D eigenvalue weighted by Gasteiger charge is 2.23. The summed E-state index contributed by atoms with van der Waals surface area (Å²) in [4.78, 5) is 12.2. The first-order valence-corrected chi connectivity index (χ1v) is 7.37. The van der Waals surface area contributed by atoms with E-state index in [9.17, 15) is 4.79 Å². The third-order valence-electron chi connectivity index (χ3n) is 3.54. The lowest BCUT2D eigenvalue weighted by atomic mass is 10.0. The summed E-state index contributed by atoms with van der Waals surface area (Å²) in [6.45, 7) is 3.98. The number of methoxy groups -OCH3 is 1. The van der Waals surface area contributed by atoms with Crippen LogP contribution in [0.1, 0.15) is 38.4 Å². The number of hydrogen-bond acceptors (Lipinski definition) is 3. The number of hydrogen-bond donors (Lipinski definition) is 0. The molecule has 0 heterocycles. The van der Waals surface area contributed by atoms with Crippen molar-refractivity contribution in [3.8, 4) is 0 Å². The van der Waals surface area contributed by atoms with E-state index in [1.165, 1.54) is 7.11 Å². The molecule has 0 aliphatic rings. The van der Waals surface area contributed by atoms with Crippen molar-refractivity contribution in [2.75, 3.05) is 7.11 Å². The predicted molar refractivity (Wildman–Crippen MR) is 84.2 cm³/mol. The van der Waals surface area contributed by atoms with E-state index in [-0.39, 0.29) is 12.1 Å². The summed E-state index contributed by atoms with van der Waals surface area (Å²) in [5.74, 6) is -0.325. The minimum Gasteiger partial charge on any atom is -0.460 e. The third-order valence-corrected chi connectivity index (χ3v) is 3.54. The average molecular weight is 286 g/mol. The Morgan fingerprint density at radius 2 is 1.86 bits per heavy atom. The van der Waals surface area contributed by atoms with Gasteiger partial charge in [-0.25, -0.2) is 4.79 Å². The molecule has 2 atom stereocenters. The van der Waals surface area contributed by atoms with Crippen LogP contribution < -0.4 is 0 Å². The molecule has 0 N–H and O–H groups in total. The van der Waals surface area contributed by atoms with Gasteiger partial charge >= 0.3 is 5.97 Å². The molecule has 0 aliphatic carbocycles. The van der Waals surface area contributed by atoms with Crippen molar-refractivity contribution in [1.82, 2.24) is 0 Å². The predicted octanol–water partition coefficient (Wildman–Crippen LogP) is 4.26. The number of carbonyl (C=O) groups is 1. The molecule has 0 saturated heterocycles. The van der Waals surface area contributed by atoms with E-state index < -0.39 is 6.10 Å². The molecule has 0 saturated carbocycles. The maximum atomic E-state index is 12.2. The van der Waals surface area contributed by atoms with Crippen molar-refractivity contribution in [3.63, 3.8) is 0 Å². The topological polar surface area (TPSA) is 35.5 Å². The molecular formula is C18H22O3. The fourth-order valence-electron chi connectivity index (χ4n) is 2.46. The van der Waals surface area contributed by atoms with Gasteiger partial charge in [0.2, 0.25) is 0 Å². The van der Waals surface area contributed by atoms with Gasteiger partial charge in [0.15, 0.2) is 6.10 Å². The van der Waals surface area contributed by atoms with E-state index >= 15 is 0 Å². The maximum Gasteiger partial charge on any atom is 0.340 e. The molecule has 2 rings (SSSR count). The fraction of sp³-hybridized carbons (Fsp3) is 0.389. The summed E-state index contributed by atoms with van der Waals surface area (Å²) in [5, 5.41) is 2.23. The number of esters is 1. The minimum atomic E-state index is -0.672. The van der Waals surface area contributed by atoms with Gasteiger partial charge in [-0.1, -0.05) is 49.7 Å². The minimum absolute atomic E-state index is 0.0828. The molecule has 0 bridgehead atoms. The SMILES string of the molecule is CCC[C@H](C)OC(=O)[C@@H](OC)c1ccc2ccccc2c1. The number of ether oxygens (including phenoxy) is 2. The Morgan fingerprint density at radius 3 is 2.52 bits per heavy atom. The molecule has 0 unspecified atom stereocenters. The molecule has 112 valence electrons. The van der Waals surface area contributed by atoms with Crippen LogP contribution in [0, 0.1) is 0 Å². The Morgan fingerprint density at radius 1 is 1.14 bits per heavy atom. The van der Waals surface area contributed by atoms with Gasteiger partial charge in [-0.2, -0.15) is 0 Å². The summed E-state index contributed by atoms with van der Waals surface area (Å²) in [7, 11) is 1.53. The Kier molecular flexibility index (Phi) is 5.34. The number of carbonyl (C=O) groups excluding carboxylic acids is 1. The van der Waals surface area contributed by atoms with Gasteiger partial charge < -0.3 is 9.47 Å². The zero-order valence-corrected chi connectivity index (χ0v) is 12.8. The Labute approximate surface area is 125 Å². The highest BCUT2D eigenvalue weighted by Crippen LogP contribution is 2.24. The van der Waals surface area contributed by atoms with Crippen LogP contribution in [0.4, 0.5) is 0 Å². The van der Waals surface area contributed by atoms with Gasteiger partial charge in [0.05, 0.1) is 6.10 Å². The standard InChI is InChI=1S/C18H22O3/c1-4-7-13(2)21-18(19)17(20-3)16-11-10-14-8-5-6-9-15(14)12-16/h5-6,8-13,17H,4,7H2,1-3H3/t13-,17-/m0/s1. The first kappa shape index (κ1) is 15.5. The van der Waals surface area contributed by atoms with Crippen molar-refractivity contribution in [3.05, 3.63) is 48.0 Å². The first-order chi connectivity index (χ1) is 10.2. The zero-order chi connectivity index (χ0) is 15.2. The molecule has 0 aromatic heterocycles. The van der Waals surface area contributed by atoms with Crippen molar-refractivity contribution in [2.45, 2.75) is 38.9 Å². The second kappa shape index (κ2) is 7.23. The normalized spacial score (nSPS) is 13.9. The van der Waals surface area contributed by atoms with Gasteiger partial charge in [-0.3, -0.25) is 0 Å². The summed E-state index contributed by atoms with van der Waals surface area (Å²) >= 11 is 0. The third kappa shape index (κ3) is 3.82. The molecule has 0 aliphatic heterocycles. The molecule has 3 heteroatoms. The zero-order valence-electron chi connectivity index (χ0n) is 12.8. The lowest BCUT2D eigenvalue weighted by Crippen LogP contribution is -2.22. The van der Waals surface area contributed by atoms with Gasteiger partial charge in [-0.15, -0.1) is 0 Å². The molecule has 21 heavy (non-hydrogen) atoms. The number of benzene rings is 2. The Bertz CT molecular complexity index is 606. The van der Waals surface area contributed by atoms with E-state index in [1.807, 2.05) is 49.4 Å². The number of fused-ring (bicyclic) bond motifs is 1. The summed E-state index contributed by atoms with van der Waals surface area (Å²) < 4.78 is 10.8. The van der Waals surface area contributed by atoms with Crippen molar-refractivity contribution < 1.29 is 14.3 Å². The molecule has 0 spiro atoms. The maximum absolute atomic E-state index is 12.2. The van der Waals surface area contributed by atoms with Crippen LogP contribution in [-0.2, 0) is 14.3 Å². The van der Waals surface area contributed by atoms with Crippen molar-refractivity contribution >= 4 is 16.7 Å². The Hall–Kier alpha value is -1.87. The quantitative estimate of drug-likeness (QED) is 0.744. The Balaban J connectivity index is 2.20. The lowest BCUT2D eigenvalue weighted by molar-refractivity contribution is -0.160. The van der Waals surface area contributed by atoms with Crippen LogP contribution in [-0.4, -0.2) is 19.2 Å². The molecule has 0 radical (unpaired) electrons. The second-order valence-corrected chi connectivity index (χ2v) is 5.26. The van der Waals surface area contributed by atoms with Crippen LogP contribution in [0.2, 0.25) is 0 Å².